The van der Waals surface area contributed by atoms with E-state index in [1.807, 2.05) is 0 Å². The molecule has 0 aliphatic heterocycles. The third-order valence-corrected chi connectivity index (χ3v) is 4.92. The van der Waals surface area contributed by atoms with Crippen molar-refractivity contribution in [2.45, 2.75) is 58.8 Å². The van der Waals surface area contributed by atoms with Crippen LogP contribution in [0.5, 0.6) is 0 Å². The van der Waals surface area contributed by atoms with E-state index in [0.717, 1.165) is 23.7 Å². The number of hydrogen-bond donors (Lipinski definition) is 1. The van der Waals surface area contributed by atoms with Crippen LogP contribution in [0, 0.1) is 23.7 Å². The lowest BCUT2D eigenvalue weighted by Crippen LogP contribution is -2.31. The predicted molar refractivity (Wildman–Crippen MR) is 70.5 cm³/mol. The molecule has 2 saturated carbocycles. The van der Waals surface area contributed by atoms with Gasteiger partial charge in [-0.25, -0.2) is 0 Å². The first-order valence-electron chi connectivity index (χ1n) is 7.46. The SMILES string of the molecule is CC1CCCC(CNCC2CCCC2C)C1. The zero-order valence-corrected chi connectivity index (χ0v) is 11.2. The summed E-state index contributed by atoms with van der Waals surface area (Å²) in [6.45, 7) is 7.42. The van der Waals surface area contributed by atoms with Gasteiger partial charge < -0.3 is 5.32 Å². The van der Waals surface area contributed by atoms with Gasteiger partial charge in [0.1, 0.15) is 0 Å². The molecule has 1 heteroatoms. The van der Waals surface area contributed by atoms with Crippen molar-refractivity contribution < 1.29 is 0 Å². The highest BCUT2D eigenvalue weighted by Gasteiger charge is 2.23. The fourth-order valence-electron chi connectivity index (χ4n) is 3.74. The van der Waals surface area contributed by atoms with Gasteiger partial charge in [0.25, 0.3) is 0 Å². The van der Waals surface area contributed by atoms with E-state index in [1.165, 1.54) is 58.0 Å². The van der Waals surface area contributed by atoms with Gasteiger partial charge in [0.15, 0.2) is 0 Å². The molecule has 16 heavy (non-hydrogen) atoms. The Labute approximate surface area is 101 Å². The molecule has 4 atom stereocenters. The van der Waals surface area contributed by atoms with E-state index in [9.17, 15) is 0 Å². The Morgan fingerprint density at radius 2 is 1.75 bits per heavy atom. The third-order valence-electron chi connectivity index (χ3n) is 4.92. The fraction of sp³-hybridized carbons (Fsp3) is 1.00. The van der Waals surface area contributed by atoms with Gasteiger partial charge in [0.05, 0.1) is 0 Å². The molecule has 94 valence electrons. The molecule has 0 aromatic rings. The summed E-state index contributed by atoms with van der Waals surface area (Å²) < 4.78 is 0. The van der Waals surface area contributed by atoms with Crippen LogP contribution in [-0.4, -0.2) is 13.1 Å². The summed E-state index contributed by atoms with van der Waals surface area (Å²) in [5.41, 5.74) is 0. The summed E-state index contributed by atoms with van der Waals surface area (Å²) in [6, 6.07) is 0. The molecule has 2 aliphatic carbocycles. The molecule has 0 aromatic carbocycles. The highest BCUT2D eigenvalue weighted by Crippen LogP contribution is 2.31. The Morgan fingerprint density at radius 1 is 0.938 bits per heavy atom. The minimum Gasteiger partial charge on any atom is -0.316 e. The van der Waals surface area contributed by atoms with E-state index in [2.05, 4.69) is 19.2 Å². The Morgan fingerprint density at radius 3 is 2.44 bits per heavy atom. The summed E-state index contributed by atoms with van der Waals surface area (Å²) in [4.78, 5) is 0. The topological polar surface area (TPSA) is 12.0 Å². The number of hydrogen-bond acceptors (Lipinski definition) is 1. The minimum absolute atomic E-state index is 0.970. The Kier molecular flexibility index (Phi) is 4.69. The first-order valence-corrected chi connectivity index (χ1v) is 7.46. The Balaban J connectivity index is 1.60. The molecule has 0 saturated heterocycles. The van der Waals surface area contributed by atoms with Crippen molar-refractivity contribution in [2.75, 3.05) is 13.1 Å². The van der Waals surface area contributed by atoms with Crippen LogP contribution < -0.4 is 5.32 Å². The van der Waals surface area contributed by atoms with Gasteiger partial charge >= 0.3 is 0 Å². The third kappa shape index (κ3) is 3.48. The standard InChI is InChI=1S/C15H29N/c1-12-5-3-7-14(9-12)10-16-11-15-8-4-6-13(15)2/h12-16H,3-11H2,1-2H3. The van der Waals surface area contributed by atoms with E-state index in [0.29, 0.717) is 0 Å². The molecule has 0 spiro atoms. The van der Waals surface area contributed by atoms with E-state index in [4.69, 9.17) is 0 Å². The van der Waals surface area contributed by atoms with Gasteiger partial charge in [0, 0.05) is 0 Å². The number of rotatable bonds is 4. The number of nitrogens with one attached hydrogen (secondary N) is 1. The zero-order valence-electron chi connectivity index (χ0n) is 11.2. The maximum Gasteiger partial charge on any atom is -0.00179 e. The largest absolute Gasteiger partial charge is 0.316 e. The molecule has 1 N–H and O–H groups in total. The second-order valence-electron chi connectivity index (χ2n) is 6.46. The van der Waals surface area contributed by atoms with Crippen LogP contribution in [0.25, 0.3) is 0 Å². The molecule has 0 heterocycles. The molecule has 2 aliphatic rings. The average Bonchev–Trinajstić information content (AvgIpc) is 2.65. The molecule has 0 aromatic heterocycles. The van der Waals surface area contributed by atoms with Crippen molar-refractivity contribution in [3.8, 4) is 0 Å². The monoisotopic (exact) mass is 223 g/mol. The summed E-state index contributed by atoms with van der Waals surface area (Å²) in [5.74, 6) is 3.89. The highest BCUT2D eigenvalue weighted by atomic mass is 14.9. The molecule has 4 unspecified atom stereocenters. The summed E-state index contributed by atoms with van der Waals surface area (Å²) in [5, 5.41) is 3.75. The lowest BCUT2D eigenvalue weighted by atomic mass is 9.82. The van der Waals surface area contributed by atoms with Crippen LogP contribution in [0.1, 0.15) is 58.8 Å². The van der Waals surface area contributed by atoms with Crippen molar-refractivity contribution in [1.82, 2.24) is 5.32 Å². The van der Waals surface area contributed by atoms with Gasteiger partial charge in [-0.2, -0.15) is 0 Å². The van der Waals surface area contributed by atoms with Gasteiger partial charge in [-0.05, 0) is 56.0 Å². The van der Waals surface area contributed by atoms with Crippen LogP contribution in [0.4, 0.5) is 0 Å². The Hall–Kier alpha value is -0.0400. The molecule has 2 fully saturated rings. The quantitative estimate of drug-likeness (QED) is 0.763. The molecule has 2 rings (SSSR count). The lowest BCUT2D eigenvalue weighted by molar-refractivity contribution is 0.266. The summed E-state index contributed by atoms with van der Waals surface area (Å²) in [7, 11) is 0. The van der Waals surface area contributed by atoms with E-state index in [-0.39, 0.29) is 0 Å². The van der Waals surface area contributed by atoms with Crippen LogP contribution in [0.3, 0.4) is 0 Å². The first-order chi connectivity index (χ1) is 7.75. The van der Waals surface area contributed by atoms with Gasteiger partial charge in [-0.15, -0.1) is 0 Å². The van der Waals surface area contributed by atoms with Crippen molar-refractivity contribution in [1.29, 1.82) is 0 Å². The first kappa shape index (κ1) is 12.4. The lowest BCUT2D eigenvalue weighted by Gasteiger charge is -2.27. The van der Waals surface area contributed by atoms with Crippen LogP contribution >= 0.6 is 0 Å². The second kappa shape index (κ2) is 6.05. The minimum atomic E-state index is 0.970. The van der Waals surface area contributed by atoms with Gasteiger partial charge in [0.2, 0.25) is 0 Å². The fourth-order valence-corrected chi connectivity index (χ4v) is 3.74. The predicted octanol–water partition coefficient (Wildman–Crippen LogP) is 3.84. The Bertz CT molecular complexity index is 202. The second-order valence-corrected chi connectivity index (χ2v) is 6.46. The van der Waals surface area contributed by atoms with E-state index < -0.39 is 0 Å². The van der Waals surface area contributed by atoms with Crippen LogP contribution in [0.15, 0.2) is 0 Å². The molecular weight excluding hydrogens is 194 g/mol. The summed E-state index contributed by atoms with van der Waals surface area (Å²) >= 11 is 0. The zero-order chi connectivity index (χ0) is 11.4. The van der Waals surface area contributed by atoms with Gasteiger partial charge in [-0.1, -0.05) is 39.5 Å². The van der Waals surface area contributed by atoms with Gasteiger partial charge in [-0.3, -0.25) is 0 Å². The van der Waals surface area contributed by atoms with Crippen LogP contribution in [0.2, 0.25) is 0 Å². The molecule has 0 amide bonds. The van der Waals surface area contributed by atoms with Crippen molar-refractivity contribution >= 4 is 0 Å². The normalized spacial score (nSPS) is 40.1. The smallest absolute Gasteiger partial charge is 0.00179 e. The highest BCUT2D eigenvalue weighted by molar-refractivity contribution is 4.77. The molecule has 1 nitrogen and oxygen atoms in total. The van der Waals surface area contributed by atoms with Crippen molar-refractivity contribution in [2.24, 2.45) is 23.7 Å². The molecule has 0 bridgehead atoms. The van der Waals surface area contributed by atoms with Crippen LogP contribution in [-0.2, 0) is 0 Å². The molecule has 0 radical (unpaired) electrons. The van der Waals surface area contributed by atoms with Crippen molar-refractivity contribution in [3.63, 3.8) is 0 Å². The maximum atomic E-state index is 3.75. The summed E-state index contributed by atoms with van der Waals surface area (Å²) in [6.07, 6.45) is 10.3. The maximum absolute atomic E-state index is 3.75. The van der Waals surface area contributed by atoms with Crippen molar-refractivity contribution in [3.05, 3.63) is 0 Å². The van der Waals surface area contributed by atoms with E-state index in [1.54, 1.807) is 0 Å². The average molecular weight is 223 g/mol. The molecular formula is C15H29N. The van der Waals surface area contributed by atoms with E-state index >= 15 is 0 Å².